The van der Waals surface area contributed by atoms with Crippen LogP contribution < -0.4 is 15.4 Å². The molecular weight excluding hydrogens is 779 g/mol. The van der Waals surface area contributed by atoms with Gasteiger partial charge < -0.3 is 39.8 Å². The molecular formula is C47H65N5O7S. The monoisotopic (exact) mass is 843 g/mol. The normalized spacial score (nSPS) is 18.3. The van der Waals surface area contributed by atoms with Gasteiger partial charge >= 0.3 is 0 Å². The largest absolute Gasteiger partial charge is 0.506 e. The molecule has 1 aliphatic carbocycles. The maximum atomic E-state index is 13.6. The Bertz CT molecular complexity index is 1900. The van der Waals surface area contributed by atoms with Gasteiger partial charge in [0.2, 0.25) is 5.91 Å². The number of carbonyl (C=O) groups excluding carboxylic acids is 3. The molecule has 0 atom stereocenters. The van der Waals surface area contributed by atoms with Crippen LogP contribution >= 0.6 is 11.3 Å². The van der Waals surface area contributed by atoms with Crippen LogP contribution in [-0.4, -0.2) is 121 Å². The summed E-state index contributed by atoms with van der Waals surface area (Å²) in [6, 6.07) is 14.5. The summed E-state index contributed by atoms with van der Waals surface area (Å²) in [7, 11) is 0. The molecule has 13 heteroatoms. The van der Waals surface area contributed by atoms with Crippen LogP contribution in [0.2, 0.25) is 0 Å². The second-order valence-electron chi connectivity index (χ2n) is 17.5. The van der Waals surface area contributed by atoms with E-state index in [9.17, 15) is 19.5 Å². The van der Waals surface area contributed by atoms with Crippen molar-refractivity contribution < 1.29 is 33.7 Å². The van der Waals surface area contributed by atoms with E-state index in [1.54, 1.807) is 17.4 Å². The number of likely N-dealkylation sites (tertiary alicyclic amines) is 1. The van der Waals surface area contributed by atoms with Crippen LogP contribution in [0.3, 0.4) is 0 Å². The van der Waals surface area contributed by atoms with Crippen LogP contribution in [-0.2, 0) is 44.9 Å². The van der Waals surface area contributed by atoms with E-state index in [2.05, 4.69) is 64.6 Å². The number of anilines is 1. The second-order valence-corrected chi connectivity index (χ2v) is 18.5. The fourth-order valence-electron chi connectivity index (χ4n) is 9.22. The van der Waals surface area contributed by atoms with Crippen molar-refractivity contribution in [1.82, 2.24) is 20.0 Å². The predicted octanol–water partition coefficient (Wildman–Crippen LogP) is 6.43. The highest BCUT2D eigenvalue weighted by Crippen LogP contribution is 2.39. The van der Waals surface area contributed by atoms with Gasteiger partial charge in [-0.3, -0.25) is 19.3 Å². The molecule has 3 N–H and O–H groups in total. The Labute approximate surface area is 359 Å². The van der Waals surface area contributed by atoms with Crippen molar-refractivity contribution in [3.05, 3.63) is 75.0 Å². The summed E-state index contributed by atoms with van der Waals surface area (Å²) in [5, 5.41) is 18.4. The smallest absolute Gasteiger partial charge is 0.262 e. The van der Waals surface area contributed by atoms with Crippen LogP contribution in [0, 0.1) is 5.92 Å². The Morgan fingerprint density at radius 3 is 2.67 bits per heavy atom. The van der Waals surface area contributed by atoms with Crippen molar-refractivity contribution >= 4 is 34.7 Å². The third kappa shape index (κ3) is 11.9. The molecule has 3 amide bonds. The number of amides is 3. The number of thiophene rings is 1. The molecule has 1 aromatic heterocycles. The summed E-state index contributed by atoms with van der Waals surface area (Å²) in [5.74, 6) is 1.11. The molecule has 60 heavy (non-hydrogen) atoms. The van der Waals surface area contributed by atoms with Gasteiger partial charge in [0.1, 0.15) is 11.4 Å². The van der Waals surface area contributed by atoms with Crippen molar-refractivity contribution in [2.45, 2.75) is 103 Å². The number of hydrogen-bond donors (Lipinski definition) is 3. The van der Waals surface area contributed by atoms with Crippen molar-refractivity contribution in [3.8, 4) is 11.5 Å². The topological polar surface area (TPSA) is 133 Å². The number of piperidine rings is 1. The number of phenols is 1. The molecule has 1 saturated carbocycles. The average molecular weight is 844 g/mol. The number of aromatic hydroxyl groups is 1. The zero-order valence-electron chi connectivity index (χ0n) is 35.7. The lowest BCUT2D eigenvalue weighted by Crippen LogP contribution is -2.57. The number of benzene rings is 2. The molecule has 2 aromatic carbocycles. The Hall–Kier alpha value is -4.01. The second kappa shape index (κ2) is 21.2. The quantitative estimate of drug-likeness (QED) is 0.0979. The van der Waals surface area contributed by atoms with E-state index in [0.29, 0.717) is 82.7 Å². The third-order valence-corrected chi connectivity index (χ3v) is 13.4. The molecule has 4 aliphatic rings. The summed E-state index contributed by atoms with van der Waals surface area (Å²) in [6.07, 6.45) is 10.3. The third-order valence-electron chi connectivity index (χ3n) is 12.5. The molecule has 1 spiro atoms. The number of phenolic OH excluding ortho intramolecular Hbond substituents is 1. The van der Waals surface area contributed by atoms with Gasteiger partial charge in [0.05, 0.1) is 44.0 Å². The van der Waals surface area contributed by atoms with E-state index in [-0.39, 0.29) is 41.7 Å². The highest BCUT2D eigenvalue weighted by Gasteiger charge is 2.41. The summed E-state index contributed by atoms with van der Waals surface area (Å²) in [4.78, 5) is 46.6. The molecule has 4 heterocycles. The van der Waals surface area contributed by atoms with E-state index < -0.39 is 0 Å². The van der Waals surface area contributed by atoms with Crippen molar-refractivity contribution in [3.63, 3.8) is 0 Å². The number of rotatable bonds is 18. The van der Waals surface area contributed by atoms with E-state index in [1.807, 2.05) is 16.3 Å². The maximum absolute atomic E-state index is 13.6. The SMILES string of the molecule is CC(C)Cc1cc(C(=O)N2CCOC3(CCN(Cc4cccc(CCOCCC(=O)N(CCNCCc5ccc(O)c6c5OCC(=O)N6)C5CCCCC5)c4)CC3)C2)cs1. The van der Waals surface area contributed by atoms with Gasteiger partial charge in [-0.1, -0.05) is 63.4 Å². The Kier molecular flexibility index (Phi) is 15.6. The highest BCUT2D eigenvalue weighted by atomic mass is 32.1. The van der Waals surface area contributed by atoms with Crippen LogP contribution in [0.15, 0.2) is 47.8 Å². The summed E-state index contributed by atoms with van der Waals surface area (Å²) >= 11 is 1.70. The zero-order chi connectivity index (χ0) is 41.9. The van der Waals surface area contributed by atoms with E-state index >= 15 is 0 Å². The minimum absolute atomic E-state index is 0.00291. The number of nitrogens with one attached hydrogen (secondary N) is 2. The van der Waals surface area contributed by atoms with Crippen LogP contribution in [0.5, 0.6) is 11.5 Å². The van der Waals surface area contributed by atoms with E-state index in [4.69, 9.17) is 14.2 Å². The minimum Gasteiger partial charge on any atom is -0.506 e. The van der Waals surface area contributed by atoms with Crippen molar-refractivity contribution in [2.75, 3.05) is 77.6 Å². The standard InChI is InChI=1S/C47H65N5O7S/c1-34(2)27-40-29-38(32-60-40)46(56)51-23-26-59-47(33-51)16-20-50(21-17-47)30-36-8-6-7-35(28-36)14-24-57-25-15-43(55)52(39-9-4-3-5-10-39)22-19-48-18-13-37-11-12-41(53)44-45(37)58-31-42(54)49-44/h6-8,11-12,28-29,32,34,39,48,53H,3-5,9-10,13-27,30-31,33H2,1-2H3,(H,49,54). The summed E-state index contributed by atoms with van der Waals surface area (Å²) in [5.41, 5.74) is 4.33. The highest BCUT2D eigenvalue weighted by molar-refractivity contribution is 7.10. The van der Waals surface area contributed by atoms with Crippen molar-refractivity contribution in [1.29, 1.82) is 0 Å². The fraction of sp³-hybridized carbons (Fsp3) is 0.596. The van der Waals surface area contributed by atoms with Crippen molar-refractivity contribution in [2.24, 2.45) is 5.92 Å². The number of morpholine rings is 1. The van der Waals surface area contributed by atoms with Gasteiger partial charge in [0, 0.05) is 55.6 Å². The van der Waals surface area contributed by atoms with Crippen LogP contribution in [0.1, 0.15) is 97.1 Å². The number of nitrogens with zero attached hydrogens (tertiary/aromatic N) is 3. The predicted molar refractivity (Wildman–Crippen MR) is 235 cm³/mol. The van der Waals surface area contributed by atoms with E-state index in [1.165, 1.54) is 22.4 Å². The molecule has 12 nitrogen and oxygen atoms in total. The first-order chi connectivity index (χ1) is 29.1. The molecule has 2 saturated heterocycles. The van der Waals surface area contributed by atoms with Gasteiger partial charge in [-0.15, -0.1) is 11.3 Å². The van der Waals surface area contributed by atoms with E-state index in [0.717, 1.165) is 82.1 Å². The Morgan fingerprint density at radius 1 is 1.03 bits per heavy atom. The van der Waals surface area contributed by atoms with Crippen LogP contribution in [0.4, 0.5) is 5.69 Å². The van der Waals surface area contributed by atoms with Gasteiger partial charge in [-0.05, 0) is 86.2 Å². The first-order valence-corrected chi connectivity index (χ1v) is 23.2. The molecule has 0 bridgehead atoms. The number of hydrogen-bond acceptors (Lipinski definition) is 10. The fourth-order valence-corrected chi connectivity index (χ4v) is 10.3. The lowest BCUT2D eigenvalue weighted by atomic mass is 9.89. The first kappa shape index (κ1) is 44.1. The molecule has 3 aliphatic heterocycles. The van der Waals surface area contributed by atoms with Gasteiger partial charge in [0.25, 0.3) is 11.8 Å². The average Bonchev–Trinajstić information content (AvgIpc) is 3.71. The molecule has 7 rings (SSSR count). The molecule has 326 valence electrons. The Morgan fingerprint density at radius 2 is 1.85 bits per heavy atom. The molecule has 0 unspecified atom stereocenters. The van der Waals surface area contributed by atoms with Gasteiger partial charge in [-0.2, -0.15) is 0 Å². The van der Waals surface area contributed by atoms with Gasteiger partial charge in [-0.25, -0.2) is 0 Å². The lowest BCUT2D eigenvalue weighted by Gasteiger charge is -2.47. The number of ether oxygens (including phenoxy) is 3. The first-order valence-electron chi connectivity index (χ1n) is 22.3. The molecule has 3 fully saturated rings. The Balaban J connectivity index is 0.808. The number of fused-ring (bicyclic) bond motifs is 1. The van der Waals surface area contributed by atoms with Gasteiger partial charge in [0.15, 0.2) is 12.4 Å². The molecule has 3 aromatic rings. The summed E-state index contributed by atoms with van der Waals surface area (Å²) < 4.78 is 18.1. The minimum atomic E-state index is -0.279. The maximum Gasteiger partial charge on any atom is 0.262 e. The number of carbonyl (C=O) groups is 3. The van der Waals surface area contributed by atoms with Crippen LogP contribution in [0.25, 0.3) is 0 Å². The summed E-state index contributed by atoms with van der Waals surface area (Å²) in [6.45, 7) is 12.0. The molecule has 0 radical (unpaired) electrons. The zero-order valence-corrected chi connectivity index (χ0v) is 36.5. The lowest BCUT2D eigenvalue weighted by molar-refractivity contribution is -0.135.